The summed E-state index contributed by atoms with van der Waals surface area (Å²) in [6, 6.07) is 11.7. The zero-order chi connectivity index (χ0) is 16.2. The van der Waals surface area contributed by atoms with Gasteiger partial charge in [0.2, 0.25) is 0 Å². The van der Waals surface area contributed by atoms with Gasteiger partial charge in [-0.05, 0) is 30.3 Å². The Bertz CT molecular complexity index is 756. The van der Waals surface area contributed by atoms with Crippen LogP contribution in [0.15, 0.2) is 47.4 Å². The van der Waals surface area contributed by atoms with E-state index in [1.807, 2.05) is 0 Å². The number of hydrogen-bond donors (Lipinski definition) is 1. The average molecular weight is 330 g/mol. The molecule has 23 heavy (non-hydrogen) atoms. The van der Waals surface area contributed by atoms with Crippen LogP contribution in [-0.4, -0.2) is 35.8 Å². The van der Waals surface area contributed by atoms with Gasteiger partial charge in [0, 0.05) is 10.5 Å². The maximum Gasteiger partial charge on any atom is 0.336 e. The molecule has 0 aromatic heterocycles. The third-order valence-corrected chi connectivity index (χ3v) is 4.41. The van der Waals surface area contributed by atoms with E-state index in [1.165, 1.54) is 17.8 Å². The summed E-state index contributed by atoms with van der Waals surface area (Å²) in [4.78, 5) is 24.1. The molecule has 3 rings (SSSR count). The second kappa shape index (κ2) is 6.75. The largest absolute Gasteiger partial charge is 0.486 e. The summed E-state index contributed by atoms with van der Waals surface area (Å²) in [5.41, 5.74) is 0.724. The quantitative estimate of drug-likeness (QED) is 0.671. The van der Waals surface area contributed by atoms with E-state index in [9.17, 15) is 9.59 Å². The fourth-order valence-electron chi connectivity index (χ4n) is 2.21. The number of carboxylic acids is 1. The lowest BCUT2D eigenvalue weighted by Crippen LogP contribution is -2.16. The number of benzene rings is 2. The van der Waals surface area contributed by atoms with Gasteiger partial charge in [0.15, 0.2) is 17.3 Å². The first-order chi connectivity index (χ1) is 11.1. The first kappa shape index (κ1) is 15.4. The molecule has 0 saturated heterocycles. The highest BCUT2D eigenvalue weighted by molar-refractivity contribution is 8.00. The van der Waals surface area contributed by atoms with E-state index in [-0.39, 0.29) is 17.1 Å². The molecule has 2 aromatic carbocycles. The molecule has 1 aliphatic rings. The Morgan fingerprint density at radius 1 is 1.04 bits per heavy atom. The van der Waals surface area contributed by atoms with Gasteiger partial charge in [0.1, 0.15) is 13.2 Å². The minimum Gasteiger partial charge on any atom is -0.486 e. The fourth-order valence-corrected chi connectivity index (χ4v) is 3.15. The molecule has 0 unspecified atom stereocenters. The number of fused-ring (bicyclic) bond motifs is 1. The molecule has 5 nitrogen and oxygen atoms in total. The van der Waals surface area contributed by atoms with Crippen LogP contribution in [0.3, 0.4) is 0 Å². The highest BCUT2D eigenvalue weighted by Gasteiger charge is 2.16. The van der Waals surface area contributed by atoms with Crippen LogP contribution in [0.1, 0.15) is 20.7 Å². The van der Waals surface area contributed by atoms with Gasteiger partial charge < -0.3 is 14.6 Å². The van der Waals surface area contributed by atoms with E-state index in [4.69, 9.17) is 14.6 Å². The smallest absolute Gasteiger partial charge is 0.336 e. The van der Waals surface area contributed by atoms with E-state index >= 15 is 0 Å². The van der Waals surface area contributed by atoms with Crippen LogP contribution in [0.4, 0.5) is 0 Å². The van der Waals surface area contributed by atoms with Crippen LogP contribution in [0.5, 0.6) is 11.5 Å². The molecule has 6 heteroatoms. The third kappa shape index (κ3) is 3.48. The van der Waals surface area contributed by atoms with Crippen LogP contribution in [-0.2, 0) is 0 Å². The molecule has 0 saturated carbocycles. The number of carboxylic acid groups (broad SMARTS) is 1. The van der Waals surface area contributed by atoms with E-state index in [0.29, 0.717) is 35.2 Å². The summed E-state index contributed by atoms with van der Waals surface area (Å²) in [6.45, 7) is 0.966. The monoisotopic (exact) mass is 330 g/mol. The Kier molecular flexibility index (Phi) is 4.52. The first-order valence-electron chi connectivity index (χ1n) is 7.03. The Morgan fingerprint density at radius 2 is 1.78 bits per heavy atom. The third-order valence-electron chi connectivity index (χ3n) is 3.34. The SMILES string of the molecule is O=C(CSc1ccccc1C(=O)O)c1ccc2c(c1)OCCO2. The van der Waals surface area contributed by atoms with Crippen LogP contribution in [0.25, 0.3) is 0 Å². The van der Waals surface area contributed by atoms with Crippen molar-refractivity contribution in [2.24, 2.45) is 0 Å². The lowest BCUT2D eigenvalue weighted by molar-refractivity contribution is 0.0692. The summed E-state index contributed by atoms with van der Waals surface area (Å²) in [5, 5.41) is 9.15. The summed E-state index contributed by atoms with van der Waals surface area (Å²) >= 11 is 1.21. The number of ketones is 1. The standard InChI is InChI=1S/C17H14O5S/c18-13(10-23-16-4-2-1-3-12(16)17(19)20)11-5-6-14-15(9-11)22-8-7-21-14/h1-6,9H,7-8,10H2,(H,19,20). The number of carbonyl (C=O) groups is 2. The molecule has 0 bridgehead atoms. The van der Waals surface area contributed by atoms with Gasteiger partial charge >= 0.3 is 5.97 Å². The number of ether oxygens (including phenoxy) is 2. The highest BCUT2D eigenvalue weighted by Crippen LogP contribution is 2.31. The number of hydrogen-bond acceptors (Lipinski definition) is 5. The molecule has 0 fully saturated rings. The Balaban J connectivity index is 1.72. The molecule has 0 atom stereocenters. The molecule has 0 radical (unpaired) electrons. The number of rotatable bonds is 5. The van der Waals surface area contributed by atoms with E-state index < -0.39 is 5.97 Å². The van der Waals surface area contributed by atoms with Gasteiger partial charge in [-0.1, -0.05) is 12.1 Å². The van der Waals surface area contributed by atoms with E-state index in [0.717, 1.165) is 0 Å². The number of thioether (sulfide) groups is 1. The Hall–Kier alpha value is -2.47. The normalized spacial score (nSPS) is 12.7. The lowest BCUT2D eigenvalue weighted by atomic mass is 10.1. The minimum atomic E-state index is -1.00. The second-order valence-electron chi connectivity index (χ2n) is 4.87. The van der Waals surface area contributed by atoms with Crippen molar-refractivity contribution in [3.8, 4) is 11.5 Å². The molecule has 1 N–H and O–H groups in total. The summed E-state index contributed by atoms with van der Waals surface area (Å²) in [6.07, 6.45) is 0. The second-order valence-corrected chi connectivity index (χ2v) is 5.89. The van der Waals surface area contributed by atoms with Gasteiger partial charge in [-0.15, -0.1) is 11.8 Å². The topological polar surface area (TPSA) is 72.8 Å². The fraction of sp³-hybridized carbons (Fsp3) is 0.176. The first-order valence-corrected chi connectivity index (χ1v) is 8.01. The Labute approximate surface area is 137 Å². The number of aromatic carboxylic acids is 1. The molecule has 1 aliphatic heterocycles. The van der Waals surface area contributed by atoms with Gasteiger partial charge in [0.25, 0.3) is 0 Å². The van der Waals surface area contributed by atoms with Crippen molar-refractivity contribution < 1.29 is 24.2 Å². The molecular weight excluding hydrogens is 316 g/mol. The molecule has 118 valence electrons. The maximum atomic E-state index is 12.3. The molecule has 1 heterocycles. The van der Waals surface area contributed by atoms with Crippen molar-refractivity contribution in [1.29, 1.82) is 0 Å². The van der Waals surface area contributed by atoms with Gasteiger partial charge in [-0.3, -0.25) is 4.79 Å². The van der Waals surface area contributed by atoms with Crippen molar-refractivity contribution in [2.75, 3.05) is 19.0 Å². The summed E-state index contributed by atoms with van der Waals surface area (Å²) in [5.74, 6) is 0.269. The van der Waals surface area contributed by atoms with E-state index in [2.05, 4.69) is 0 Å². The van der Waals surface area contributed by atoms with Crippen LogP contribution < -0.4 is 9.47 Å². The summed E-state index contributed by atoms with van der Waals surface area (Å²) < 4.78 is 10.9. The molecule has 0 aliphatic carbocycles. The van der Waals surface area contributed by atoms with Crippen molar-refractivity contribution in [3.63, 3.8) is 0 Å². The molecule has 0 spiro atoms. The number of Topliss-reactive ketones (excluding diaryl/α,β-unsaturated/α-hetero) is 1. The van der Waals surface area contributed by atoms with Gasteiger partial charge in [-0.2, -0.15) is 0 Å². The maximum absolute atomic E-state index is 12.3. The van der Waals surface area contributed by atoms with Gasteiger partial charge in [0.05, 0.1) is 11.3 Å². The Morgan fingerprint density at radius 3 is 2.57 bits per heavy atom. The van der Waals surface area contributed by atoms with Crippen molar-refractivity contribution in [3.05, 3.63) is 53.6 Å². The zero-order valence-electron chi connectivity index (χ0n) is 12.2. The van der Waals surface area contributed by atoms with Crippen molar-refractivity contribution in [2.45, 2.75) is 4.90 Å². The van der Waals surface area contributed by atoms with Gasteiger partial charge in [-0.25, -0.2) is 4.79 Å². The zero-order valence-corrected chi connectivity index (χ0v) is 13.0. The lowest BCUT2D eigenvalue weighted by Gasteiger charge is -2.18. The van der Waals surface area contributed by atoms with Crippen LogP contribution in [0.2, 0.25) is 0 Å². The van der Waals surface area contributed by atoms with Crippen LogP contribution >= 0.6 is 11.8 Å². The summed E-state index contributed by atoms with van der Waals surface area (Å²) in [7, 11) is 0. The predicted molar refractivity (Wildman–Crippen MR) is 85.9 cm³/mol. The molecule has 0 amide bonds. The number of carbonyl (C=O) groups excluding carboxylic acids is 1. The predicted octanol–water partition coefficient (Wildman–Crippen LogP) is 3.13. The van der Waals surface area contributed by atoms with Crippen molar-refractivity contribution >= 4 is 23.5 Å². The average Bonchev–Trinajstić information content (AvgIpc) is 2.59. The van der Waals surface area contributed by atoms with Crippen LogP contribution in [0, 0.1) is 0 Å². The van der Waals surface area contributed by atoms with Crippen molar-refractivity contribution in [1.82, 2.24) is 0 Å². The minimum absolute atomic E-state index is 0.0906. The molecular formula is C17H14O5S. The van der Waals surface area contributed by atoms with E-state index in [1.54, 1.807) is 36.4 Å². The highest BCUT2D eigenvalue weighted by atomic mass is 32.2. The molecule has 2 aromatic rings.